The summed E-state index contributed by atoms with van der Waals surface area (Å²) in [6.45, 7) is 0.538. The molecule has 0 spiro atoms. The number of nitrogens with zero attached hydrogens (tertiary/aromatic N) is 1. The van der Waals surface area contributed by atoms with Gasteiger partial charge in [-0.3, -0.25) is 4.79 Å². The highest BCUT2D eigenvalue weighted by Crippen LogP contribution is 2.26. The fraction of sp³-hybridized carbons (Fsp3) is 0.235. The Labute approximate surface area is 129 Å². The highest BCUT2D eigenvalue weighted by Gasteiger charge is 2.14. The average molecular weight is 301 g/mol. The van der Waals surface area contributed by atoms with Gasteiger partial charge in [0.15, 0.2) is 11.5 Å². The molecule has 0 atom stereocenters. The topological polar surface area (TPSA) is 70.0 Å². The van der Waals surface area contributed by atoms with Gasteiger partial charge in [-0.1, -0.05) is 12.1 Å². The molecule has 22 heavy (non-hydrogen) atoms. The molecule has 0 radical (unpaired) electrons. The van der Waals surface area contributed by atoms with Gasteiger partial charge >= 0.3 is 0 Å². The minimum Gasteiger partial charge on any atom is -0.508 e. The lowest BCUT2D eigenvalue weighted by molar-refractivity contribution is 0.0796. The second kappa shape index (κ2) is 6.85. The normalized spacial score (nSPS) is 10.3. The second-order valence-corrected chi connectivity index (χ2v) is 5.03. The Hall–Kier alpha value is -2.69. The van der Waals surface area contributed by atoms with Crippen LogP contribution in [-0.4, -0.2) is 41.7 Å². The number of aromatic hydroxyl groups is 2. The van der Waals surface area contributed by atoms with Gasteiger partial charge in [0.25, 0.3) is 5.91 Å². The molecule has 2 aromatic rings. The highest BCUT2D eigenvalue weighted by molar-refractivity contribution is 5.94. The molecular weight excluding hydrogens is 282 g/mol. The van der Waals surface area contributed by atoms with E-state index in [9.17, 15) is 15.0 Å². The number of ether oxygens (including phenoxy) is 1. The molecular formula is C17H19NO4. The molecule has 0 unspecified atom stereocenters. The minimum absolute atomic E-state index is 0.0553. The Morgan fingerprint density at radius 1 is 1.14 bits per heavy atom. The lowest BCUT2D eigenvalue weighted by atomic mass is 10.1. The van der Waals surface area contributed by atoms with Crippen molar-refractivity contribution in [3.63, 3.8) is 0 Å². The maximum atomic E-state index is 12.3. The molecule has 1 amide bonds. The molecule has 0 saturated heterocycles. The Morgan fingerprint density at radius 3 is 2.41 bits per heavy atom. The van der Waals surface area contributed by atoms with Gasteiger partial charge in [0.1, 0.15) is 5.75 Å². The van der Waals surface area contributed by atoms with Crippen LogP contribution < -0.4 is 4.74 Å². The van der Waals surface area contributed by atoms with E-state index in [1.54, 1.807) is 36.2 Å². The van der Waals surface area contributed by atoms with E-state index in [0.717, 1.165) is 5.56 Å². The molecule has 0 saturated carbocycles. The van der Waals surface area contributed by atoms with Crippen molar-refractivity contribution in [3.05, 3.63) is 53.6 Å². The minimum atomic E-state index is -0.170. The van der Waals surface area contributed by atoms with E-state index in [1.165, 1.54) is 13.2 Å². The van der Waals surface area contributed by atoms with Crippen LogP contribution in [0, 0.1) is 0 Å². The maximum Gasteiger partial charge on any atom is 0.253 e. The summed E-state index contributed by atoms with van der Waals surface area (Å²) in [5, 5.41) is 19.0. The molecule has 0 aromatic heterocycles. The lowest BCUT2D eigenvalue weighted by Crippen LogP contribution is -2.28. The monoisotopic (exact) mass is 301 g/mol. The van der Waals surface area contributed by atoms with E-state index in [2.05, 4.69) is 0 Å². The van der Waals surface area contributed by atoms with Crippen molar-refractivity contribution in [1.29, 1.82) is 0 Å². The number of methoxy groups -OCH3 is 1. The van der Waals surface area contributed by atoms with Gasteiger partial charge in [-0.15, -0.1) is 0 Å². The van der Waals surface area contributed by atoms with Gasteiger partial charge in [-0.25, -0.2) is 0 Å². The number of benzene rings is 2. The van der Waals surface area contributed by atoms with Crippen LogP contribution in [0.25, 0.3) is 0 Å². The molecule has 0 fully saturated rings. The first-order valence-electron chi connectivity index (χ1n) is 6.91. The summed E-state index contributed by atoms with van der Waals surface area (Å²) >= 11 is 0. The van der Waals surface area contributed by atoms with Crippen LogP contribution in [0.2, 0.25) is 0 Å². The highest BCUT2D eigenvalue weighted by atomic mass is 16.5. The van der Waals surface area contributed by atoms with E-state index < -0.39 is 0 Å². The van der Waals surface area contributed by atoms with Crippen LogP contribution in [0.3, 0.4) is 0 Å². The number of likely N-dealkylation sites (N-methyl/N-ethyl adjacent to an activating group) is 1. The van der Waals surface area contributed by atoms with E-state index >= 15 is 0 Å². The number of hydrogen-bond donors (Lipinski definition) is 2. The summed E-state index contributed by atoms with van der Waals surface area (Å²) in [7, 11) is 3.17. The fourth-order valence-corrected chi connectivity index (χ4v) is 2.10. The molecule has 5 nitrogen and oxygen atoms in total. The van der Waals surface area contributed by atoms with Crippen LogP contribution >= 0.6 is 0 Å². The van der Waals surface area contributed by atoms with E-state index in [0.29, 0.717) is 24.3 Å². The Kier molecular flexibility index (Phi) is 4.88. The van der Waals surface area contributed by atoms with Gasteiger partial charge < -0.3 is 19.8 Å². The molecule has 0 heterocycles. The van der Waals surface area contributed by atoms with Gasteiger partial charge in [0.2, 0.25) is 0 Å². The number of phenolic OH excluding ortho intramolecular Hbond substituents is 2. The quantitative estimate of drug-likeness (QED) is 0.890. The molecule has 116 valence electrons. The first kappa shape index (κ1) is 15.7. The fourth-order valence-electron chi connectivity index (χ4n) is 2.10. The summed E-state index contributed by atoms with van der Waals surface area (Å²) in [6, 6.07) is 11.5. The average Bonchev–Trinajstić information content (AvgIpc) is 2.53. The maximum absolute atomic E-state index is 12.3. The van der Waals surface area contributed by atoms with E-state index in [4.69, 9.17) is 4.74 Å². The van der Waals surface area contributed by atoms with Crippen LogP contribution in [-0.2, 0) is 6.42 Å². The predicted molar refractivity (Wildman–Crippen MR) is 83.4 cm³/mol. The second-order valence-electron chi connectivity index (χ2n) is 5.03. The SMILES string of the molecule is COc1ccc(C(=O)N(C)CCc2ccc(O)cc2)cc1O. The van der Waals surface area contributed by atoms with Gasteiger partial charge in [-0.05, 0) is 42.3 Å². The largest absolute Gasteiger partial charge is 0.508 e. The third-order valence-corrected chi connectivity index (χ3v) is 3.44. The molecule has 0 aliphatic carbocycles. The predicted octanol–water partition coefficient (Wildman–Crippen LogP) is 2.42. The first-order chi connectivity index (χ1) is 10.5. The van der Waals surface area contributed by atoms with E-state index in [-0.39, 0.29) is 17.4 Å². The Balaban J connectivity index is 1.99. The number of hydrogen-bond acceptors (Lipinski definition) is 4. The van der Waals surface area contributed by atoms with Crippen molar-refractivity contribution in [1.82, 2.24) is 4.90 Å². The van der Waals surface area contributed by atoms with Crippen molar-refractivity contribution < 1.29 is 19.7 Å². The number of carbonyl (C=O) groups excluding carboxylic acids is 1. The molecule has 2 rings (SSSR count). The third-order valence-electron chi connectivity index (χ3n) is 3.44. The van der Waals surface area contributed by atoms with Crippen molar-refractivity contribution in [2.75, 3.05) is 20.7 Å². The van der Waals surface area contributed by atoms with Gasteiger partial charge in [0, 0.05) is 19.2 Å². The van der Waals surface area contributed by atoms with E-state index in [1.807, 2.05) is 12.1 Å². The standard InChI is InChI=1S/C17H19NO4/c1-18(10-9-12-3-6-14(19)7-4-12)17(21)13-5-8-16(22-2)15(20)11-13/h3-8,11,19-20H,9-10H2,1-2H3. The van der Waals surface area contributed by atoms with Crippen LogP contribution in [0.15, 0.2) is 42.5 Å². The smallest absolute Gasteiger partial charge is 0.253 e. The number of rotatable bonds is 5. The Bertz CT molecular complexity index is 652. The summed E-state index contributed by atoms with van der Waals surface area (Å²) in [4.78, 5) is 13.9. The Morgan fingerprint density at radius 2 is 1.82 bits per heavy atom. The zero-order chi connectivity index (χ0) is 16.1. The molecule has 2 aromatic carbocycles. The number of phenols is 2. The number of amides is 1. The van der Waals surface area contributed by atoms with Gasteiger partial charge in [-0.2, -0.15) is 0 Å². The summed E-state index contributed by atoms with van der Waals surface area (Å²) < 4.78 is 4.96. The molecule has 0 aliphatic rings. The van der Waals surface area contributed by atoms with Crippen LogP contribution in [0.5, 0.6) is 17.2 Å². The van der Waals surface area contributed by atoms with Crippen molar-refractivity contribution >= 4 is 5.91 Å². The molecule has 0 aliphatic heterocycles. The molecule has 0 bridgehead atoms. The van der Waals surface area contributed by atoms with Crippen molar-refractivity contribution in [2.45, 2.75) is 6.42 Å². The summed E-state index contributed by atoms with van der Waals surface area (Å²) in [6.07, 6.45) is 0.685. The van der Waals surface area contributed by atoms with Crippen LogP contribution in [0.1, 0.15) is 15.9 Å². The van der Waals surface area contributed by atoms with Crippen molar-refractivity contribution in [3.8, 4) is 17.2 Å². The lowest BCUT2D eigenvalue weighted by Gasteiger charge is -2.17. The van der Waals surface area contributed by atoms with Gasteiger partial charge in [0.05, 0.1) is 7.11 Å². The van der Waals surface area contributed by atoms with Crippen molar-refractivity contribution in [2.24, 2.45) is 0 Å². The molecule has 2 N–H and O–H groups in total. The third kappa shape index (κ3) is 3.69. The zero-order valence-corrected chi connectivity index (χ0v) is 12.6. The summed E-state index contributed by atoms with van der Waals surface area (Å²) in [5.74, 6) is 0.335. The first-order valence-corrected chi connectivity index (χ1v) is 6.91. The zero-order valence-electron chi connectivity index (χ0n) is 12.6. The van der Waals surface area contributed by atoms with Crippen LogP contribution in [0.4, 0.5) is 0 Å². The molecule has 5 heteroatoms. The number of carbonyl (C=O) groups is 1. The summed E-state index contributed by atoms with van der Waals surface area (Å²) in [5.41, 5.74) is 1.45.